The standard InChI is InChI=1S/C12H21N5O2/c1-4-11-14-10(15-19-11)7-13-12(18)17-6-5-9(8-17)16(2)3/h9H,4-8H2,1-3H3,(H,13,18). The van der Waals surface area contributed by atoms with Gasteiger partial charge in [-0.2, -0.15) is 4.98 Å². The van der Waals surface area contributed by atoms with E-state index in [0.717, 1.165) is 19.5 Å². The molecule has 2 heterocycles. The fraction of sp³-hybridized carbons (Fsp3) is 0.750. The quantitative estimate of drug-likeness (QED) is 0.858. The predicted molar refractivity (Wildman–Crippen MR) is 69.6 cm³/mol. The van der Waals surface area contributed by atoms with E-state index in [4.69, 9.17) is 4.52 Å². The molecule has 0 spiro atoms. The molecule has 0 radical (unpaired) electrons. The lowest BCUT2D eigenvalue weighted by Crippen LogP contribution is -2.40. The summed E-state index contributed by atoms with van der Waals surface area (Å²) in [7, 11) is 4.08. The third-order valence-electron chi connectivity index (χ3n) is 3.39. The Balaban J connectivity index is 1.79. The number of nitrogens with one attached hydrogen (secondary N) is 1. The van der Waals surface area contributed by atoms with Crippen molar-refractivity contribution in [2.75, 3.05) is 27.2 Å². The molecule has 1 aliphatic rings. The second-order valence-electron chi connectivity index (χ2n) is 4.97. The minimum atomic E-state index is -0.0628. The Morgan fingerprint density at radius 1 is 1.58 bits per heavy atom. The SMILES string of the molecule is CCc1nc(CNC(=O)N2CCC(N(C)C)C2)no1. The molecular formula is C12H21N5O2. The van der Waals surface area contributed by atoms with Crippen LogP contribution in [0.5, 0.6) is 0 Å². The summed E-state index contributed by atoms with van der Waals surface area (Å²) in [5.41, 5.74) is 0. The average molecular weight is 267 g/mol. The Bertz CT molecular complexity index is 432. The van der Waals surface area contributed by atoms with Gasteiger partial charge in [-0.25, -0.2) is 4.79 Å². The first kappa shape index (κ1) is 13.8. The van der Waals surface area contributed by atoms with Gasteiger partial charge in [0.25, 0.3) is 0 Å². The van der Waals surface area contributed by atoms with Gasteiger partial charge in [-0.3, -0.25) is 0 Å². The highest BCUT2D eigenvalue weighted by atomic mass is 16.5. The molecule has 19 heavy (non-hydrogen) atoms. The summed E-state index contributed by atoms with van der Waals surface area (Å²) in [6.07, 6.45) is 1.72. The fourth-order valence-corrected chi connectivity index (χ4v) is 2.12. The Kier molecular flexibility index (Phi) is 4.36. The van der Waals surface area contributed by atoms with Crippen LogP contribution in [0.4, 0.5) is 4.79 Å². The molecule has 106 valence electrons. The Morgan fingerprint density at radius 3 is 2.95 bits per heavy atom. The summed E-state index contributed by atoms with van der Waals surface area (Å²) in [5, 5.41) is 6.62. The normalized spacial score (nSPS) is 19.2. The molecule has 1 fully saturated rings. The van der Waals surface area contributed by atoms with E-state index < -0.39 is 0 Å². The van der Waals surface area contributed by atoms with Crippen molar-refractivity contribution >= 4 is 6.03 Å². The summed E-state index contributed by atoms with van der Waals surface area (Å²) in [5.74, 6) is 1.12. The molecule has 0 aromatic carbocycles. The molecule has 1 aliphatic heterocycles. The van der Waals surface area contributed by atoms with E-state index in [1.807, 2.05) is 25.9 Å². The van der Waals surface area contributed by atoms with Gasteiger partial charge in [0.2, 0.25) is 5.89 Å². The van der Waals surface area contributed by atoms with Gasteiger partial charge in [-0.05, 0) is 20.5 Å². The van der Waals surface area contributed by atoms with E-state index >= 15 is 0 Å². The largest absolute Gasteiger partial charge is 0.339 e. The molecule has 7 heteroatoms. The fourth-order valence-electron chi connectivity index (χ4n) is 2.12. The summed E-state index contributed by atoms with van der Waals surface area (Å²) in [6.45, 7) is 3.82. The van der Waals surface area contributed by atoms with Crippen LogP contribution in [0, 0.1) is 0 Å². The molecular weight excluding hydrogens is 246 g/mol. The number of amides is 2. The lowest BCUT2D eigenvalue weighted by molar-refractivity contribution is 0.202. The number of nitrogens with zero attached hydrogens (tertiary/aromatic N) is 4. The molecule has 1 N–H and O–H groups in total. The monoisotopic (exact) mass is 267 g/mol. The summed E-state index contributed by atoms with van der Waals surface area (Å²) >= 11 is 0. The van der Waals surface area contributed by atoms with Gasteiger partial charge in [0.1, 0.15) is 0 Å². The molecule has 1 unspecified atom stereocenters. The second kappa shape index (κ2) is 6.01. The lowest BCUT2D eigenvalue weighted by Gasteiger charge is -2.20. The topological polar surface area (TPSA) is 74.5 Å². The number of aromatic nitrogens is 2. The molecule has 2 amide bonds. The first-order valence-corrected chi connectivity index (χ1v) is 6.60. The van der Waals surface area contributed by atoms with Crippen molar-refractivity contribution in [1.29, 1.82) is 0 Å². The molecule has 7 nitrogen and oxygen atoms in total. The van der Waals surface area contributed by atoms with E-state index in [1.165, 1.54) is 0 Å². The Labute approximate surface area is 112 Å². The molecule has 1 aromatic heterocycles. The van der Waals surface area contributed by atoms with Crippen LogP contribution in [0.1, 0.15) is 25.1 Å². The maximum Gasteiger partial charge on any atom is 0.317 e. The maximum atomic E-state index is 12.0. The highest BCUT2D eigenvalue weighted by Crippen LogP contribution is 2.13. The number of likely N-dealkylation sites (N-methyl/N-ethyl adjacent to an activating group) is 1. The first-order chi connectivity index (χ1) is 9.10. The van der Waals surface area contributed by atoms with Gasteiger partial charge in [0.05, 0.1) is 6.54 Å². The van der Waals surface area contributed by atoms with Crippen molar-refractivity contribution in [2.24, 2.45) is 0 Å². The summed E-state index contributed by atoms with van der Waals surface area (Å²) < 4.78 is 4.99. The minimum absolute atomic E-state index is 0.0628. The van der Waals surface area contributed by atoms with E-state index in [9.17, 15) is 4.79 Å². The minimum Gasteiger partial charge on any atom is -0.339 e. The van der Waals surface area contributed by atoms with Crippen molar-refractivity contribution in [3.05, 3.63) is 11.7 Å². The number of urea groups is 1. The van der Waals surface area contributed by atoms with Crippen LogP contribution in [0.2, 0.25) is 0 Å². The Morgan fingerprint density at radius 2 is 2.37 bits per heavy atom. The molecule has 1 aromatic rings. The van der Waals surface area contributed by atoms with Crippen LogP contribution in [0.25, 0.3) is 0 Å². The van der Waals surface area contributed by atoms with Crippen molar-refractivity contribution in [3.8, 4) is 0 Å². The van der Waals surface area contributed by atoms with Gasteiger partial charge in [0.15, 0.2) is 5.82 Å². The summed E-state index contributed by atoms with van der Waals surface area (Å²) in [4.78, 5) is 20.1. The molecule has 1 atom stereocenters. The number of likely N-dealkylation sites (tertiary alicyclic amines) is 1. The lowest BCUT2D eigenvalue weighted by atomic mass is 10.2. The van der Waals surface area contributed by atoms with E-state index in [0.29, 0.717) is 30.7 Å². The van der Waals surface area contributed by atoms with Gasteiger partial charge < -0.3 is 19.6 Å². The number of carbonyl (C=O) groups excluding carboxylic acids is 1. The highest BCUT2D eigenvalue weighted by molar-refractivity contribution is 5.74. The zero-order valence-corrected chi connectivity index (χ0v) is 11.7. The average Bonchev–Trinajstić information content (AvgIpc) is 3.04. The zero-order valence-electron chi connectivity index (χ0n) is 11.7. The molecule has 0 aliphatic carbocycles. The Hall–Kier alpha value is -1.63. The van der Waals surface area contributed by atoms with Crippen molar-refractivity contribution < 1.29 is 9.32 Å². The number of hydrogen-bond acceptors (Lipinski definition) is 5. The van der Waals surface area contributed by atoms with Crippen LogP contribution in [-0.2, 0) is 13.0 Å². The van der Waals surface area contributed by atoms with Crippen molar-refractivity contribution in [2.45, 2.75) is 32.4 Å². The smallest absolute Gasteiger partial charge is 0.317 e. The predicted octanol–water partition coefficient (Wildman–Crippen LogP) is 0.478. The maximum absolute atomic E-state index is 12.0. The third kappa shape index (κ3) is 3.44. The van der Waals surface area contributed by atoms with E-state index in [-0.39, 0.29) is 6.03 Å². The second-order valence-corrected chi connectivity index (χ2v) is 4.97. The van der Waals surface area contributed by atoms with Gasteiger partial charge in [-0.1, -0.05) is 12.1 Å². The van der Waals surface area contributed by atoms with Crippen LogP contribution >= 0.6 is 0 Å². The third-order valence-corrected chi connectivity index (χ3v) is 3.39. The van der Waals surface area contributed by atoms with E-state index in [1.54, 1.807) is 0 Å². The van der Waals surface area contributed by atoms with Crippen LogP contribution in [-0.4, -0.2) is 59.2 Å². The number of aryl methyl sites for hydroxylation is 1. The molecule has 2 rings (SSSR count). The van der Waals surface area contributed by atoms with Crippen LogP contribution in [0.15, 0.2) is 4.52 Å². The number of hydrogen-bond donors (Lipinski definition) is 1. The van der Waals surface area contributed by atoms with Crippen LogP contribution < -0.4 is 5.32 Å². The van der Waals surface area contributed by atoms with E-state index in [2.05, 4.69) is 20.4 Å². The van der Waals surface area contributed by atoms with Crippen LogP contribution in [0.3, 0.4) is 0 Å². The molecule has 1 saturated heterocycles. The highest BCUT2D eigenvalue weighted by Gasteiger charge is 2.27. The van der Waals surface area contributed by atoms with Crippen molar-refractivity contribution in [3.63, 3.8) is 0 Å². The van der Waals surface area contributed by atoms with Crippen molar-refractivity contribution in [1.82, 2.24) is 25.3 Å². The summed E-state index contributed by atoms with van der Waals surface area (Å²) in [6, 6.07) is 0.384. The number of rotatable bonds is 4. The molecule has 0 bridgehead atoms. The van der Waals surface area contributed by atoms with Gasteiger partial charge >= 0.3 is 6.03 Å². The number of carbonyl (C=O) groups is 1. The van der Waals surface area contributed by atoms with Gasteiger partial charge in [0, 0.05) is 25.6 Å². The molecule has 0 saturated carbocycles. The first-order valence-electron chi connectivity index (χ1n) is 6.60. The zero-order chi connectivity index (χ0) is 13.8. The van der Waals surface area contributed by atoms with Gasteiger partial charge in [-0.15, -0.1) is 0 Å².